The van der Waals surface area contributed by atoms with Gasteiger partial charge in [0.25, 0.3) is 0 Å². The Labute approximate surface area is 73.6 Å². The van der Waals surface area contributed by atoms with Crippen LogP contribution in [-0.2, 0) is 13.0 Å². The zero-order valence-corrected chi connectivity index (χ0v) is 8.09. The van der Waals surface area contributed by atoms with Crippen molar-refractivity contribution in [2.45, 2.75) is 40.2 Å². The first kappa shape index (κ1) is 9.10. The average molecular weight is 167 g/mol. The van der Waals surface area contributed by atoms with Gasteiger partial charge >= 0.3 is 0 Å². The molecule has 0 saturated heterocycles. The van der Waals surface area contributed by atoms with Crippen LogP contribution in [-0.4, -0.2) is 9.78 Å². The van der Waals surface area contributed by atoms with Gasteiger partial charge in [-0.05, 0) is 19.8 Å². The third-order valence-electron chi connectivity index (χ3n) is 2.05. The number of rotatable bonds is 3. The maximum Gasteiger partial charge on any atom is 0.0825 e. The molecule has 0 aliphatic heterocycles. The third kappa shape index (κ3) is 1.44. The van der Waals surface area contributed by atoms with Crippen LogP contribution in [0.2, 0.25) is 0 Å². The summed E-state index contributed by atoms with van der Waals surface area (Å²) in [5.41, 5.74) is 8.86. The summed E-state index contributed by atoms with van der Waals surface area (Å²) in [4.78, 5) is 0. The van der Waals surface area contributed by atoms with Gasteiger partial charge in [0.05, 0.1) is 17.1 Å². The second-order valence-corrected chi connectivity index (χ2v) is 3.02. The highest BCUT2D eigenvalue weighted by molar-refractivity contribution is 5.47. The van der Waals surface area contributed by atoms with Crippen LogP contribution in [0.1, 0.15) is 31.7 Å². The van der Waals surface area contributed by atoms with Crippen LogP contribution in [0.15, 0.2) is 0 Å². The number of nitrogens with zero attached hydrogens (tertiary/aromatic N) is 2. The minimum Gasteiger partial charge on any atom is -0.396 e. The second-order valence-electron chi connectivity index (χ2n) is 3.02. The molecule has 0 saturated carbocycles. The van der Waals surface area contributed by atoms with Gasteiger partial charge in [0, 0.05) is 6.54 Å². The molecule has 3 nitrogen and oxygen atoms in total. The maximum atomic E-state index is 5.86. The van der Waals surface area contributed by atoms with E-state index in [1.165, 1.54) is 5.69 Å². The molecule has 1 rings (SSSR count). The Bertz CT molecular complexity index is 263. The summed E-state index contributed by atoms with van der Waals surface area (Å²) in [7, 11) is 0. The minimum atomic E-state index is 0.867. The van der Waals surface area contributed by atoms with Crippen molar-refractivity contribution >= 4 is 5.69 Å². The van der Waals surface area contributed by atoms with Gasteiger partial charge in [-0.1, -0.05) is 13.8 Å². The van der Waals surface area contributed by atoms with Crippen molar-refractivity contribution < 1.29 is 0 Å². The van der Waals surface area contributed by atoms with Crippen LogP contribution in [0, 0.1) is 6.92 Å². The van der Waals surface area contributed by atoms with Gasteiger partial charge in [-0.3, -0.25) is 4.68 Å². The van der Waals surface area contributed by atoms with E-state index in [1.54, 1.807) is 0 Å². The highest BCUT2D eigenvalue weighted by Gasteiger charge is 2.08. The highest BCUT2D eigenvalue weighted by Crippen LogP contribution is 2.16. The fraction of sp³-hybridized carbons (Fsp3) is 0.667. The fourth-order valence-electron chi connectivity index (χ4n) is 1.41. The van der Waals surface area contributed by atoms with Crippen LogP contribution in [0.3, 0.4) is 0 Å². The van der Waals surface area contributed by atoms with Crippen LogP contribution >= 0.6 is 0 Å². The summed E-state index contributed by atoms with van der Waals surface area (Å²) >= 11 is 0. The van der Waals surface area contributed by atoms with Crippen molar-refractivity contribution in [1.29, 1.82) is 0 Å². The molecule has 0 radical (unpaired) electrons. The lowest BCUT2D eigenvalue weighted by Crippen LogP contribution is -2.04. The van der Waals surface area contributed by atoms with Gasteiger partial charge in [-0.25, -0.2) is 0 Å². The topological polar surface area (TPSA) is 43.8 Å². The number of aromatic nitrogens is 2. The van der Waals surface area contributed by atoms with Crippen molar-refractivity contribution in [2.75, 3.05) is 5.73 Å². The molecule has 2 N–H and O–H groups in total. The third-order valence-corrected chi connectivity index (χ3v) is 2.05. The fourth-order valence-corrected chi connectivity index (χ4v) is 1.41. The Hall–Kier alpha value is -0.990. The van der Waals surface area contributed by atoms with E-state index in [2.05, 4.69) is 18.9 Å². The number of aryl methyl sites for hydroxylation is 2. The molecule has 68 valence electrons. The number of nitrogens with two attached hydrogens (primary N) is 1. The average Bonchev–Trinajstić information content (AvgIpc) is 2.29. The van der Waals surface area contributed by atoms with Crippen molar-refractivity contribution in [1.82, 2.24) is 9.78 Å². The largest absolute Gasteiger partial charge is 0.396 e. The van der Waals surface area contributed by atoms with E-state index in [0.29, 0.717) is 0 Å². The van der Waals surface area contributed by atoms with E-state index in [0.717, 1.165) is 30.8 Å². The quantitative estimate of drug-likeness (QED) is 0.745. The Morgan fingerprint density at radius 3 is 2.58 bits per heavy atom. The van der Waals surface area contributed by atoms with Crippen LogP contribution in [0.5, 0.6) is 0 Å². The Morgan fingerprint density at radius 2 is 2.08 bits per heavy atom. The molecule has 0 aliphatic carbocycles. The summed E-state index contributed by atoms with van der Waals surface area (Å²) < 4.78 is 2.02. The number of nitrogen functional groups attached to an aromatic ring is 1. The Balaban J connectivity index is 3.02. The van der Waals surface area contributed by atoms with E-state index in [4.69, 9.17) is 5.73 Å². The Kier molecular flexibility index (Phi) is 2.74. The maximum absolute atomic E-state index is 5.86. The van der Waals surface area contributed by atoms with Crippen molar-refractivity contribution in [3.05, 3.63) is 11.4 Å². The summed E-state index contributed by atoms with van der Waals surface area (Å²) in [5, 5.41) is 4.36. The molecule has 0 atom stereocenters. The van der Waals surface area contributed by atoms with Gasteiger partial charge < -0.3 is 5.73 Å². The van der Waals surface area contributed by atoms with Crippen molar-refractivity contribution in [2.24, 2.45) is 0 Å². The second kappa shape index (κ2) is 3.61. The van der Waals surface area contributed by atoms with Crippen molar-refractivity contribution in [3.8, 4) is 0 Å². The lowest BCUT2D eigenvalue weighted by molar-refractivity contribution is 0.574. The predicted octanol–water partition coefficient (Wildman–Crippen LogP) is 1.75. The zero-order chi connectivity index (χ0) is 9.14. The molecule has 3 heteroatoms. The van der Waals surface area contributed by atoms with E-state index < -0.39 is 0 Å². The lowest BCUT2D eigenvalue weighted by Gasteiger charge is -2.03. The van der Waals surface area contributed by atoms with Gasteiger partial charge in [0.15, 0.2) is 0 Å². The predicted molar refractivity (Wildman–Crippen MR) is 51.0 cm³/mol. The number of hydrogen-bond acceptors (Lipinski definition) is 2. The molecule has 0 unspecified atom stereocenters. The standard InChI is InChI=1S/C9H17N3/c1-4-6-12-8(5-2)9(10)7(3)11-12/h4-6,10H2,1-3H3. The molecule has 12 heavy (non-hydrogen) atoms. The van der Waals surface area contributed by atoms with Crippen LogP contribution < -0.4 is 5.73 Å². The molecule has 1 aromatic heterocycles. The van der Waals surface area contributed by atoms with Crippen LogP contribution in [0.4, 0.5) is 5.69 Å². The summed E-state index contributed by atoms with van der Waals surface area (Å²) in [5.74, 6) is 0. The molecule has 0 amide bonds. The SMILES string of the molecule is CCCn1nc(C)c(N)c1CC. The highest BCUT2D eigenvalue weighted by atomic mass is 15.3. The van der Waals surface area contributed by atoms with Crippen LogP contribution in [0.25, 0.3) is 0 Å². The molecule has 1 aromatic rings. The lowest BCUT2D eigenvalue weighted by atomic mass is 10.2. The zero-order valence-electron chi connectivity index (χ0n) is 8.09. The number of anilines is 1. The van der Waals surface area contributed by atoms with Crippen molar-refractivity contribution in [3.63, 3.8) is 0 Å². The van der Waals surface area contributed by atoms with E-state index in [9.17, 15) is 0 Å². The molecule has 0 bridgehead atoms. The molecule has 0 aliphatic rings. The van der Waals surface area contributed by atoms with E-state index in [1.807, 2.05) is 11.6 Å². The first-order chi connectivity index (χ1) is 5.70. The van der Waals surface area contributed by atoms with Gasteiger partial charge in [0.1, 0.15) is 0 Å². The first-order valence-electron chi connectivity index (χ1n) is 4.52. The number of hydrogen-bond donors (Lipinski definition) is 1. The normalized spacial score (nSPS) is 10.6. The van der Waals surface area contributed by atoms with E-state index in [-0.39, 0.29) is 0 Å². The molecule has 0 spiro atoms. The molecule has 1 heterocycles. The van der Waals surface area contributed by atoms with Gasteiger partial charge in [0.2, 0.25) is 0 Å². The smallest absolute Gasteiger partial charge is 0.0825 e. The molecule has 0 aromatic carbocycles. The summed E-state index contributed by atoms with van der Waals surface area (Å²) in [6.45, 7) is 7.19. The van der Waals surface area contributed by atoms with Gasteiger partial charge in [-0.15, -0.1) is 0 Å². The summed E-state index contributed by atoms with van der Waals surface area (Å²) in [6, 6.07) is 0. The Morgan fingerprint density at radius 1 is 1.42 bits per heavy atom. The molecular weight excluding hydrogens is 150 g/mol. The minimum absolute atomic E-state index is 0.867. The van der Waals surface area contributed by atoms with E-state index >= 15 is 0 Å². The molecule has 0 fully saturated rings. The van der Waals surface area contributed by atoms with Gasteiger partial charge in [-0.2, -0.15) is 5.10 Å². The first-order valence-corrected chi connectivity index (χ1v) is 4.52. The molecular formula is C9H17N3. The monoisotopic (exact) mass is 167 g/mol. The summed E-state index contributed by atoms with van der Waals surface area (Å²) in [6.07, 6.45) is 2.07.